The van der Waals surface area contributed by atoms with Gasteiger partial charge in [0, 0.05) is 58.9 Å². The summed E-state index contributed by atoms with van der Waals surface area (Å²) in [5.74, 6) is 0.727. The van der Waals surface area contributed by atoms with Gasteiger partial charge in [0.15, 0.2) is 5.96 Å². The maximum atomic E-state index is 12.2. The Bertz CT molecular complexity index is 632. The Morgan fingerprint density at radius 1 is 1.09 bits per heavy atom. The molecule has 0 aliphatic carbocycles. The summed E-state index contributed by atoms with van der Waals surface area (Å²) < 4.78 is 10.3. The average molecular weight is 453 g/mol. The molecule has 0 spiro atoms. The van der Waals surface area contributed by atoms with Gasteiger partial charge in [-0.3, -0.25) is 15.1 Å². The quantitative estimate of drug-likeness (QED) is 0.216. The number of methoxy groups -OCH3 is 1. The highest BCUT2D eigenvalue weighted by molar-refractivity contribution is 5.74. The van der Waals surface area contributed by atoms with Crippen molar-refractivity contribution >= 4 is 18.0 Å². The summed E-state index contributed by atoms with van der Waals surface area (Å²) in [6.07, 6.45) is 5.70. The Hall–Kier alpha value is -2.07. The molecule has 10 heteroatoms. The van der Waals surface area contributed by atoms with Gasteiger partial charge < -0.3 is 29.9 Å². The summed E-state index contributed by atoms with van der Waals surface area (Å²) in [5.41, 5.74) is 5.56. The van der Waals surface area contributed by atoms with Crippen molar-refractivity contribution in [2.45, 2.75) is 44.6 Å². The normalized spacial score (nSPS) is 23.4. The molecule has 3 saturated heterocycles. The molecule has 1 atom stereocenters. The van der Waals surface area contributed by atoms with Crippen molar-refractivity contribution in [3.63, 3.8) is 0 Å². The summed E-state index contributed by atoms with van der Waals surface area (Å²) in [5, 5.41) is 7.52. The lowest BCUT2D eigenvalue weighted by atomic mass is 9.91. The van der Waals surface area contributed by atoms with Crippen molar-refractivity contribution in [2.24, 2.45) is 11.7 Å². The Morgan fingerprint density at radius 3 is 2.44 bits per heavy atom. The zero-order valence-electron chi connectivity index (χ0n) is 19.5. The average Bonchev–Trinajstić information content (AvgIpc) is 3.15. The number of esters is 1. The fourth-order valence-corrected chi connectivity index (χ4v) is 4.89. The van der Waals surface area contributed by atoms with E-state index in [1.807, 2.05) is 9.80 Å². The first-order valence-corrected chi connectivity index (χ1v) is 12.0. The summed E-state index contributed by atoms with van der Waals surface area (Å²) in [4.78, 5) is 32.0. The molecule has 32 heavy (non-hydrogen) atoms. The van der Waals surface area contributed by atoms with Gasteiger partial charge in [0.25, 0.3) is 0 Å². The van der Waals surface area contributed by atoms with Crippen molar-refractivity contribution in [1.82, 2.24) is 19.6 Å². The molecule has 1 unspecified atom stereocenters. The van der Waals surface area contributed by atoms with E-state index < -0.39 is 0 Å². The summed E-state index contributed by atoms with van der Waals surface area (Å²) in [6, 6.07) is 0. The van der Waals surface area contributed by atoms with Gasteiger partial charge in [0.2, 0.25) is 0 Å². The number of nitrogens with two attached hydrogens (primary N) is 1. The number of likely N-dealkylation sites (tertiary alicyclic amines) is 1. The molecule has 0 saturated carbocycles. The lowest BCUT2D eigenvalue weighted by Crippen LogP contribution is -2.49. The molecule has 3 N–H and O–H groups in total. The van der Waals surface area contributed by atoms with Crippen molar-refractivity contribution < 1.29 is 19.1 Å². The number of hydrogen-bond acceptors (Lipinski definition) is 7. The Balaban J connectivity index is 1.26. The van der Waals surface area contributed by atoms with Gasteiger partial charge in [-0.1, -0.05) is 12.8 Å². The molecule has 0 aromatic rings. The number of guanidine groups is 1. The van der Waals surface area contributed by atoms with Crippen molar-refractivity contribution in [1.29, 1.82) is 5.41 Å². The van der Waals surface area contributed by atoms with Gasteiger partial charge in [0.05, 0.1) is 20.1 Å². The van der Waals surface area contributed by atoms with Crippen LogP contribution in [0.15, 0.2) is 0 Å². The zero-order valence-corrected chi connectivity index (χ0v) is 19.5. The molecule has 0 radical (unpaired) electrons. The number of carbonyl (C=O) groups is 2. The van der Waals surface area contributed by atoms with Gasteiger partial charge in [-0.05, 0) is 25.2 Å². The Morgan fingerprint density at radius 2 is 1.78 bits per heavy atom. The smallest absolute Gasteiger partial charge is 0.410 e. The minimum Gasteiger partial charge on any atom is -0.469 e. The first-order valence-electron chi connectivity index (χ1n) is 12.0. The van der Waals surface area contributed by atoms with E-state index in [1.165, 1.54) is 13.5 Å². The predicted octanol–water partition coefficient (Wildman–Crippen LogP) is 0.764. The van der Waals surface area contributed by atoms with Crippen LogP contribution >= 0.6 is 0 Å². The predicted molar refractivity (Wildman–Crippen MR) is 121 cm³/mol. The van der Waals surface area contributed by atoms with E-state index in [1.54, 1.807) is 0 Å². The monoisotopic (exact) mass is 452 g/mol. The first-order chi connectivity index (χ1) is 15.4. The van der Waals surface area contributed by atoms with Crippen LogP contribution in [0.4, 0.5) is 4.79 Å². The molecule has 10 nitrogen and oxygen atoms in total. The number of carbonyl (C=O) groups excluding carboxylic acids is 2. The van der Waals surface area contributed by atoms with Crippen LogP contribution in [-0.4, -0.2) is 116 Å². The van der Waals surface area contributed by atoms with Crippen LogP contribution in [0.5, 0.6) is 0 Å². The second-order valence-electron chi connectivity index (χ2n) is 9.23. The molecular weight excluding hydrogens is 412 g/mol. The lowest BCUT2D eigenvalue weighted by Gasteiger charge is -2.35. The highest BCUT2D eigenvalue weighted by atomic mass is 16.6. The van der Waals surface area contributed by atoms with Crippen molar-refractivity contribution in [2.75, 3.05) is 72.6 Å². The molecule has 0 bridgehead atoms. The van der Waals surface area contributed by atoms with Crippen molar-refractivity contribution in [3.8, 4) is 0 Å². The standard InChI is InChI=1S/C22H40N6O4/c1-31-20(29)7-9-25-12-14-26(15-13-25)16-19-17-28(22(30)32-19)8-3-2-4-18-5-10-27(11-6-18)21(23)24/h18-19H,2-17H2,1H3,(H3,23,24). The fourth-order valence-electron chi connectivity index (χ4n) is 4.89. The van der Waals surface area contributed by atoms with E-state index in [9.17, 15) is 9.59 Å². The number of amides is 1. The van der Waals surface area contributed by atoms with Gasteiger partial charge >= 0.3 is 12.1 Å². The number of ether oxygens (including phenoxy) is 2. The van der Waals surface area contributed by atoms with Crippen LogP contribution in [-0.2, 0) is 14.3 Å². The molecule has 1 amide bonds. The summed E-state index contributed by atoms with van der Waals surface area (Å²) in [6.45, 7) is 8.44. The third-order valence-electron chi connectivity index (χ3n) is 6.98. The van der Waals surface area contributed by atoms with Gasteiger partial charge in [0.1, 0.15) is 6.10 Å². The van der Waals surface area contributed by atoms with Crippen LogP contribution in [0, 0.1) is 11.3 Å². The van der Waals surface area contributed by atoms with Crippen LogP contribution in [0.25, 0.3) is 0 Å². The largest absolute Gasteiger partial charge is 0.469 e. The number of nitrogens with zero attached hydrogens (tertiary/aromatic N) is 4. The van der Waals surface area contributed by atoms with Crippen LogP contribution in [0.3, 0.4) is 0 Å². The zero-order chi connectivity index (χ0) is 22.9. The molecule has 0 aromatic heterocycles. The van der Waals surface area contributed by atoms with E-state index >= 15 is 0 Å². The number of rotatable bonds is 10. The minimum atomic E-state index is -0.179. The Labute approximate surface area is 191 Å². The van der Waals surface area contributed by atoms with Gasteiger partial charge in [-0.25, -0.2) is 4.79 Å². The van der Waals surface area contributed by atoms with Gasteiger partial charge in [-0.2, -0.15) is 0 Å². The summed E-state index contributed by atoms with van der Waals surface area (Å²) in [7, 11) is 1.42. The van der Waals surface area contributed by atoms with Crippen LogP contribution < -0.4 is 5.73 Å². The lowest BCUT2D eigenvalue weighted by molar-refractivity contribution is -0.141. The van der Waals surface area contributed by atoms with E-state index in [-0.39, 0.29) is 24.1 Å². The molecule has 3 rings (SSSR count). The van der Waals surface area contributed by atoms with Gasteiger partial charge in [-0.15, -0.1) is 0 Å². The number of piperidine rings is 1. The highest BCUT2D eigenvalue weighted by Gasteiger charge is 2.32. The maximum absolute atomic E-state index is 12.2. The second kappa shape index (κ2) is 12.2. The number of unbranched alkanes of at least 4 members (excludes halogenated alkanes) is 1. The van der Waals surface area contributed by atoms with Crippen molar-refractivity contribution in [3.05, 3.63) is 0 Å². The number of cyclic esters (lactones) is 1. The minimum absolute atomic E-state index is 0.0555. The third kappa shape index (κ3) is 7.51. The molecule has 3 aliphatic heterocycles. The molecule has 3 aliphatic rings. The molecule has 182 valence electrons. The molecular formula is C22H40N6O4. The highest BCUT2D eigenvalue weighted by Crippen LogP contribution is 2.23. The van der Waals surface area contributed by atoms with Crippen LogP contribution in [0.2, 0.25) is 0 Å². The van der Waals surface area contributed by atoms with E-state index in [2.05, 4.69) is 9.80 Å². The number of nitrogens with one attached hydrogen (secondary N) is 1. The fraction of sp³-hybridized carbons (Fsp3) is 0.864. The second-order valence-corrected chi connectivity index (χ2v) is 9.23. The number of hydrogen-bond donors (Lipinski definition) is 2. The van der Waals surface area contributed by atoms with Crippen LogP contribution in [0.1, 0.15) is 38.5 Å². The third-order valence-corrected chi connectivity index (χ3v) is 6.98. The van der Waals surface area contributed by atoms with E-state index in [0.29, 0.717) is 18.9 Å². The molecule has 3 heterocycles. The SMILES string of the molecule is COC(=O)CCN1CCN(CC2CN(CCCCC3CCN(C(=N)N)CC3)C(=O)O2)CC1. The molecule has 3 fully saturated rings. The maximum Gasteiger partial charge on any atom is 0.410 e. The topological polar surface area (TPSA) is 115 Å². The number of piperazine rings is 1. The van der Waals surface area contributed by atoms with E-state index in [0.717, 1.165) is 84.6 Å². The molecule has 0 aromatic carbocycles. The Kier molecular flexibility index (Phi) is 9.40. The van der Waals surface area contributed by atoms with E-state index in [4.69, 9.17) is 20.6 Å². The first kappa shape index (κ1) is 24.6. The summed E-state index contributed by atoms with van der Waals surface area (Å²) >= 11 is 0.